The highest BCUT2D eigenvalue weighted by atomic mass is 35.5. The van der Waals surface area contributed by atoms with Crippen molar-refractivity contribution in [2.75, 3.05) is 31.6 Å². The maximum atomic E-state index is 13.1. The number of aromatic nitrogens is 2. The lowest BCUT2D eigenvalue weighted by Gasteiger charge is -2.43. The summed E-state index contributed by atoms with van der Waals surface area (Å²) in [5.74, 6) is 0.0444. The molecule has 1 saturated heterocycles. The summed E-state index contributed by atoms with van der Waals surface area (Å²) >= 11 is 11.9. The topological polar surface area (TPSA) is 70.8 Å². The van der Waals surface area contributed by atoms with Crippen molar-refractivity contribution in [1.82, 2.24) is 14.7 Å². The molecule has 2 heterocycles. The fourth-order valence-corrected chi connectivity index (χ4v) is 4.13. The second-order valence-corrected chi connectivity index (χ2v) is 8.35. The summed E-state index contributed by atoms with van der Waals surface area (Å²) in [7, 11) is 1.51. The van der Waals surface area contributed by atoms with Crippen molar-refractivity contribution in [1.29, 1.82) is 0 Å². The molecule has 176 valence electrons. The molecule has 1 N–H and O–H groups in total. The molecule has 1 aromatic carbocycles. The molecule has 2 atom stereocenters. The Kier molecular flexibility index (Phi) is 7.16. The predicted octanol–water partition coefficient (Wildman–Crippen LogP) is 3.62. The van der Waals surface area contributed by atoms with Gasteiger partial charge in [-0.25, -0.2) is 0 Å². The molecule has 7 nitrogen and oxygen atoms in total. The van der Waals surface area contributed by atoms with E-state index in [2.05, 4.69) is 5.10 Å². The number of anilines is 1. The first-order valence-corrected chi connectivity index (χ1v) is 10.6. The smallest absolute Gasteiger partial charge is 0.436 e. The zero-order valence-electron chi connectivity index (χ0n) is 17.7. The normalized spacial score (nSPS) is 18.1. The third-order valence-corrected chi connectivity index (χ3v) is 6.25. The van der Waals surface area contributed by atoms with Gasteiger partial charge in [-0.3, -0.25) is 9.48 Å². The number of carbonyl (C=O) groups is 1. The molecule has 1 fully saturated rings. The molecular formula is C20H23Cl2F3N4O3. The second kappa shape index (κ2) is 9.36. The Hall–Kier alpha value is -2.17. The monoisotopic (exact) mass is 494 g/mol. The van der Waals surface area contributed by atoms with Crippen LogP contribution in [0.4, 0.5) is 18.9 Å². The highest BCUT2D eigenvalue weighted by Crippen LogP contribution is 2.35. The summed E-state index contributed by atoms with van der Waals surface area (Å²) in [5.41, 5.74) is -0.362. The summed E-state index contributed by atoms with van der Waals surface area (Å²) in [4.78, 5) is 16.4. The van der Waals surface area contributed by atoms with Crippen LogP contribution in [0.15, 0.2) is 18.2 Å². The number of rotatable bonds is 5. The number of hydrogen-bond donors (Lipinski definition) is 1. The highest BCUT2D eigenvalue weighted by molar-refractivity contribution is 6.32. The summed E-state index contributed by atoms with van der Waals surface area (Å²) in [5, 5.41) is 13.7. The zero-order valence-corrected chi connectivity index (χ0v) is 19.2. The van der Waals surface area contributed by atoms with Gasteiger partial charge in [0.15, 0.2) is 5.69 Å². The SMILES string of the molecule is COc1cc(N2CCN(C(=O)Cn3nc(C(F)(F)F)c(Cl)c3C)C(C(C)O)C2)ccc1Cl. The van der Waals surface area contributed by atoms with Gasteiger partial charge in [-0.2, -0.15) is 18.3 Å². The van der Waals surface area contributed by atoms with E-state index in [4.69, 9.17) is 27.9 Å². The van der Waals surface area contributed by atoms with Gasteiger partial charge >= 0.3 is 6.18 Å². The summed E-state index contributed by atoms with van der Waals surface area (Å²) in [6, 6.07) is 4.71. The Labute approximate surface area is 193 Å². The van der Waals surface area contributed by atoms with Gasteiger partial charge in [-0.1, -0.05) is 23.2 Å². The van der Waals surface area contributed by atoms with Crippen LogP contribution in [0.5, 0.6) is 5.75 Å². The molecule has 3 rings (SSSR count). The van der Waals surface area contributed by atoms with Crippen molar-refractivity contribution >= 4 is 34.8 Å². The Morgan fingerprint density at radius 2 is 2.03 bits per heavy atom. The molecular weight excluding hydrogens is 472 g/mol. The minimum atomic E-state index is -4.72. The van der Waals surface area contributed by atoms with E-state index in [1.165, 1.54) is 18.9 Å². The molecule has 1 amide bonds. The molecule has 1 aliphatic rings. The molecule has 2 aromatic rings. The van der Waals surface area contributed by atoms with Gasteiger partial charge in [0, 0.05) is 31.4 Å². The van der Waals surface area contributed by atoms with Crippen molar-refractivity contribution in [3.63, 3.8) is 0 Å². The van der Waals surface area contributed by atoms with Crippen molar-refractivity contribution in [3.05, 3.63) is 39.6 Å². The summed E-state index contributed by atoms with van der Waals surface area (Å²) in [6.45, 7) is 3.55. The third-order valence-electron chi connectivity index (χ3n) is 5.48. The average molecular weight is 495 g/mol. The molecule has 0 saturated carbocycles. The van der Waals surface area contributed by atoms with Crippen LogP contribution in [0.2, 0.25) is 10.0 Å². The molecule has 0 radical (unpaired) electrons. The number of hydrogen-bond acceptors (Lipinski definition) is 5. The van der Waals surface area contributed by atoms with E-state index in [0.717, 1.165) is 10.4 Å². The minimum Gasteiger partial charge on any atom is -0.495 e. The van der Waals surface area contributed by atoms with Crippen molar-refractivity contribution in [2.24, 2.45) is 0 Å². The maximum absolute atomic E-state index is 13.1. The number of nitrogens with zero attached hydrogens (tertiary/aromatic N) is 4. The van der Waals surface area contributed by atoms with Crippen molar-refractivity contribution in [3.8, 4) is 5.75 Å². The first-order valence-electron chi connectivity index (χ1n) is 9.80. The Morgan fingerprint density at radius 1 is 1.34 bits per heavy atom. The number of ether oxygens (including phenoxy) is 1. The predicted molar refractivity (Wildman–Crippen MR) is 114 cm³/mol. The van der Waals surface area contributed by atoms with Gasteiger partial charge in [0.2, 0.25) is 5.91 Å². The van der Waals surface area contributed by atoms with E-state index in [1.54, 1.807) is 19.1 Å². The molecule has 0 bridgehead atoms. The number of aliphatic hydroxyl groups is 1. The van der Waals surface area contributed by atoms with E-state index in [9.17, 15) is 23.1 Å². The van der Waals surface area contributed by atoms with Crippen molar-refractivity contribution < 1.29 is 27.8 Å². The van der Waals surface area contributed by atoms with Crippen LogP contribution in [0.3, 0.4) is 0 Å². The summed E-state index contributed by atoms with van der Waals surface area (Å²) in [6.07, 6.45) is -5.59. The van der Waals surface area contributed by atoms with E-state index in [-0.39, 0.29) is 12.2 Å². The minimum absolute atomic E-state index is 0.0489. The summed E-state index contributed by atoms with van der Waals surface area (Å²) < 4.78 is 45.4. The zero-order chi connectivity index (χ0) is 23.8. The second-order valence-electron chi connectivity index (χ2n) is 7.56. The van der Waals surface area contributed by atoms with Crippen LogP contribution in [0.1, 0.15) is 18.3 Å². The lowest BCUT2D eigenvalue weighted by Crippen LogP contribution is -2.59. The molecule has 12 heteroatoms. The number of alkyl halides is 3. The van der Waals surface area contributed by atoms with E-state index < -0.39 is 41.5 Å². The highest BCUT2D eigenvalue weighted by Gasteiger charge is 2.39. The molecule has 32 heavy (non-hydrogen) atoms. The first kappa shape index (κ1) is 24.5. The third kappa shape index (κ3) is 4.92. The first-order chi connectivity index (χ1) is 14.9. The van der Waals surface area contributed by atoms with Crippen molar-refractivity contribution in [2.45, 2.75) is 38.7 Å². The Balaban J connectivity index is 1.78. The van der Waals surface area contributed by atoms with Crippen LogP contribution in [0.25, 0.3) is 0 Å². The van der Waals surface area contributed by atoms with Crippen LogP contribution in [0, 0.1) is 6.92 Å². The lowest BCUT2D eigenvalue weighted by atomic mass is 10.1. The van der Waals surface area contributed by atoms with Crippen LogP contribution < -0.4 is 9.64 Å². The fraction of sp³-hybridized carbons (Fsp3) is 0.500. The van der Waals surface area contributed by atoms with Gasteiger partial charge in [-0.15, -0.1) is 0 Å². The van der Waals surface area contributed by atoms with Crippen LogP contribution in [-0.2, 0) is 17.5 Å². The number of carbonyl (C=O) groups excluding carboxylic acids is 1. The van der Waals surface area contributed by atoms with E-state index in [1.807, 2.05) is 11.0 Å². The largest absolute Gasteiger partial charge is 0.495 e. The van der Waals surface area contributed by atoms with Crippen LogP contribution in [-0.4, -0.2) is 64.6 Å². The number of aliphatic hydroxyl groups excluding tert-OH is 1. The maximum Gasteiger partial charge on any atom is 0.436 e. The molecule has 1 aliphatic heterocycles. The molecule has 1 aromatic heterocycles. The number of methoxy groups -OCH3 is 1. The molecule has 0 spiro atoms. The van der Waals surface area contributed by atoms with Gasteiger partial charge in [0.1, 0.15) is 12.3 Å². The van der Waals surface area contributed by atoms with E-state index >= 15 is 0 Å². The molecule has 0 aliphatic carbocycles. The van der Waals surface area contributed by atoms with Crippen LogP contribution >= 0.6 is 23.2 Å². The Morgan fingerprint density at radius 3 is 2.59 bits per heavy atom. The number of amides is 1. The van der Waals surface area contributed by atoms with Gasteiger partial charge in [-0.05, 0) is 26.0 Å². The standard InChI is InChI=1S/C20H23Cl2F3N4O3/c1-11-18(22)19(20(23,24)25)26-29(11)10-17(31)28-7-6-27(9-15(28)12(2)30)13-4-5-14(21)16(8-13)32-3/h4-5,8,12,15,30H,6-7,9-10H2,1-3H3. The number of halogens is 5. The van der Waals surface area contributed by atoms with Gasteiger partial charge in [0.05, 0.1) is 35.0 Å². The van der Waals surface area contributed by atoms with E-state index in [0.29, 0.717) is 23.9 Å². The number of piperazine rings is 1. The molecule has 2 unspecified atom stereocenters. The van der Waals surface area contributed by atoms with Gasteiger partial charge < -0.3 is 19.6 Å². The van der Waals surface area contributed by atoms with Gasteiger partial charge in [0.25, 0.3) is 0 Å². The number of benzene rings is 1. The Bertz CT molecular complexity index is 997. The lowest BCUT2D eigenvalue weighted by molar-refractivity contribution is -0.142. The average Bonchev–Trinajstić information content (AvgIpc) is 3.02. The fourth-order valence-electron chi connectivity index (χ4n) is 3.69. The quantitative estimate of drug-likeness (QED) is 0.687.